The van der Waals surface area contributed by atoms with E-state index in [1.54, 1.807) is 0 Å². The average molecular weight is 505 g/mol. The van der Waals surface area contributed by atoms with Crippen LogP contribution in [0.15, 0.2) is 71.3 Å². The second-order valence-electron chi connectivity index (χ2n) is 10.2. The van der Waals surface area contributed by atoms with Crippen LogP contribution in [0.1, 0.15) is 43.9 Å². The molecule has 1 aliphatic rings. The number of hydrogen-bond donors (Lipinski definition) is 2. The Bertz CT molecular complexity index is 1390. The van der Waals surface area contributed by atoms with Crippen LogP contribution in [0.3, 0.4) is 0 Å². The number of anilines is 1. The smallest absolute Gasteiger partial charge is 0.167 e. The summed E-state index contributed by atoms with van der Waals surface area (Å²) in [5.74, 6) is 0.867. The zero-order chi connectivity index (χ0) is 25.3. The molecule has 1 aliphatic heterocycles. The molecule has 0 radical (unpaired) electrons. The molecule has 7 nitrogen and oxygen atoms in total. The Labute approximate surface area is 213 Å². The Morgan fingerprint density at radius 1 is 1.14 bits per heavy atom. The van der Waals surface area contributed by atoms with Gasteiger partial charge in [0.05, 0.1) is 21.8 Å². The lowest BCUT2D eigenvalue weighted by atomic mass is 9.83. The summed E-state index contributed by atoms with van der Waals surface area (Å²) in [6.07, 6.45) is 1.70. The number of pyridine rings is 1. The summed E-state index contributed by atoms with van der Waals surface area (Å²) < 4.78 is 17.5. The molecule has 0 saturated carbocycles. The molecule has 2 aromatic heterocycles. The monoisotopic (exact) mass is 504 g/mol. The van der Waals surface area contributed by atoms with E-state index < -0.39 is 15.7 Å². The van der Waals surface area contributed by atoms with Crippen LogP contribution < -0.4 is 10.0 Å². The third-order valence-corrected chi connectivity index (χ3v) is 8.31. The number of rotatable bonds is 8. The minimum Gasteiger partial charge on any atom is -0.391 e. The van der Waals surface area contributed by atoms with Gasteiger partial charge in [0, 0.05) is 29.7 Å². The highest BCUT2D eigenvalue weighted by atomic mass is 32.2. The average Bonchev–Trinajstić information content (AvgIpc) is 3.50. The molecule has 5 rings (SSSR count). The van der Waals surface area contributed by atoms with Gasteiger partial charge in [0.2, 0.25) is 0 Å². The number of fused-ring (bicyclic) bond motifs is 1. The quantitative estimate of drug-likeness (QED) is 0.364. The van der Waals surface area contributed by atoms with E-state index in [2.05, 4.69) is 22.2 Å². The standard InChI is InChI=1S/C28H32N4O3S/c1-28(2,36(29)34)17-19(16-20-8-7-13-26(30-20)32-15-14-21(33)18-32)22-9-3-4-10-23(22)27-24-11-5-6-12-25(24)35-31-27/h3-13,19,21,33H,14-18,29H2,1-2H3/t19-,21-,36?/m0/s1. The number of para-hydroxylation sites is 1. The van der Waals surface area contributed by atoms with Gasteiger partial charge in [0.15, 0.2) is 5.58 Å². The van der Waals surface area contributed by atoms with Crippen LogP contribution >= 0.6 is 0 Å². The van der Waals surface area contributed by atoms with Crippen LogP contribution in [0.5, 0.6) is 0 Å². The molecule has 188 valence electrons. The molecular formula is C28H32N4O3S. The highest BCUT2D eigenvalue weighted by molar-refractivity contribution is 7.84. The van der Waals surface area contributed by atoms with E-state index in [4.69, 9.17) is 14.6 Å². The van der Waals surface area contributed by atoms with Crippen molar-refractivity contribution >= 4 is 27.8 Å². The van der Waals surface area contributed by atoms with Crippen molar-refractivity contribution in [3.63, 3.8) is 0 Å². The molecule has 3 N–H and O–H groups in total. The molecule has 8 heteroatoms. The number of aliphatic hydroxyl groups is 1. The van der Waals surface area contributed by atoms with Crippen LogP contribution in [-0.2, 0) is 17.4 Å². The zero-order valence-electron chi connectivity index (χ0n) is 20.6. The molecule has 0 amide bonds. The van der Waals surface area contributed by atoms with Gasteiger partial charge in [-0.3, -0.25) is 5.14 Å². The predicted octanol–water partition coefficient (Wildman–Crippen LogP) is 4.58. The van der Waals surface area contributed by atoms with Crippen LogP contribution in [-0.4, -0.2) is 43.4 Å². The topological polar surface area (TPSA) is 105 Å². The van der Waals surface area contributed by atoms with Gasteiger partial charge in [-0.05, 0) is 68.9 Å². The van der Waals surface area contributed by atoms with Gasteiger partial charge in [-0.15, -0.1) is 0 Å². The van der Waals surface area contributed by atoms with Crippen LogP contribution in [0, 0.1) is 0 Å². The summed E-state index contributed by atoms with van der Waals surface area (Å²) in [7, 11) is -1.49. The normalized spacial score (nSPS) is 18.0. The molecule has 0 spiro atoms. The predicted molar refractivity (Wildman–Crippen MR) is 144 cm³/mol. The summed E-state index contributed by atoms with van der Waals surface area (Å²) in [6.45, 7) is 5.28. The van der Waals surface area contributed by atoms with E-state index in [9.17, 15) is 9.32 Å². The summed E-state index contributed by atoms with van der Waals surface area (Å²) >= 11 is 0. The first-order valence-electron chi connectivity index (χ1n) is 12.3. The third-order valence-electron chi connectivity index (χ3n) is 7.05. The van der Waals surface area contributed by atoms with Gasteiger partial charge in [0.25, 0.3) is 0 Å². The van der Waals surface area contributed by atoms with Gasteiger partial charge in [-0.2, -0.15) is 0 Å². The lowest BCUT2D eigenvalue weighted by Crippen LogP contribution is -2.34. The lowest BCUT2D eigenvalue weighted by molar-refractivity contribution is 0.198. The highest BCUT2D eigenvalue weighted by Crippen LogP contribution is 2.39. The number of benzene rings is 2. The van der Waals surface area contributed by atoms with E-state index in [-0.39, 0.29) is 12.0 Å². The number of nitrogens with two attached hydrogens (primary N) is 1. The summed E-state index contributed by atoms with van der Waals surface area (Å²) in [4.78, 5) is 7.07. The largest absolute Gasteiger partial charge is 0.391 e. The molecule has 36 heavy (non-hydrogen) atoms. The molecule has 0 bridgehead atoms. The van der Waals surface area contributed by atoms with E-state index >= 15 is 0 Å². The Morgan fingerprint density at radius 2 is 1.92 bits per heavy atom. The molecular weight excluding hydrogens is 472 g/mol. The molecule has 0 aliphatic carbocycles. The van der Waals surface area contributed by atoms with Crippen molar-refractivity contribution in [3.8, 4) is 11.3 Å². The van der Waals surface area contributed by atoms with Crippen molar-refractivity contribution in [3.05, 3.63) is 78.0 Å². The number of hydrogen-bond acceptors (Lipinski definition) is 6. The summed E-state index contributed by atoms with van der Waals surface area (Å²) in [5.41, 5.74) is 4.57. The fourth-order valence-corrected chi connectivity index (χ4v) is 5.44. The van der Waals surface area contributed by atoms with Gasteiger partial charge < -0.3 is 14.5 Å². The van der Waals surface area contributed by atoms with Crippen molar-refractivity contribution in [2.45, 2.75) is 49.9 Å². The number of nitrogens with zero attached hydrogens (tertiary/aromatic N) is 3. The molecule has 1 saturated heterocycles. The molecule has 3 heterocycles. The Kier molecular flexibility index (Phi) is 6.92. The maximum absolute atomic E-state index is 12.4. The minimum atomic E-state index is -1.49. The third kappa shape index (κ3) is 5.07. The fourth-order valence-electron chi connectivity index (χ4n) is 5.08. The first kappa shape index (κ1) is 24.6. The van der Waals surface area contributed by atoms with Crippen LogP contribution in [0.4, 0.5) is 5.82 Å². The van der Waals surface area contributed by atoms with E-state index in [0.717, 1.165) is 52.3 Å². The number of β-amino-alcohol motifs (C(OH)–C–C–N with tert-alkyl or cyclic N) is 1. The molecule has 3 atom stereocenters. The van der Waals surface area contributed by atoms with E-state index in [1.165, 1.54) is 0 Å². The fraction of sp³-hybridized carbons (Fsp3) is 0.357. The minimum absolute atomic E-state index is 0.00826. The Balaban J connectivity index is 1.55. The molecule has 2 aromatic carbocycles. The van der Waals surface area contributed by atoms with Crippen molar-refractivity contribution < 1.29 is 13.8 Å². The SMILES string of the molecule is CC(C)(C[C@H](Cc1cccc(N2CC[C@H](O)C2)n1)c1ccccc1-c1noc2ccccc12)S(N)=O. The molecule has 1 fully saturated rings. The zero-order valence-corrected chi connectivity index (χ0v) is 21.4. The second kappa shape index (κ2) is 10.1. The van der Waals surface area contributed by atoms with Crippen molar-refractivity contribution in [1.29, 1.82) is 0 Å². The van der Waals surface area contributed by atoms with Gasteiger partial charge >= 0.3 is 0 Å². The Morgan fingerprint density at radius 3 is 2.69 bits per heavy atom. The van der Waals surface area contributed by atoms with E-state index in [0.29, 0.717) is 19.4 Å². The number of aromatic nitrogens is 2. The summed E-state index contributed by atoms with van der Waals surface area (Å²) in [5, 5.41) is 21.3. The maximum Gasteiger partial charge on any atom is 0.167 e. The Hall–Kier alpha value is -3.07. The van der Waals surface area contributed by atoms with Crippen molar-refractivity contribution in [2.75, 3.05) is 18.0 Å². The second-order valence-corrected chi connectivity index (χ2v) is 11.9. The van der Waals surface area contributed by atoms with Crippen LogP contribution in [0.25, 0.3) is 22.2 Å². The van der Waals surface area contributed by atoms with E-state index in [1.807, 2.05) is 68.4 Å². The maximum atomic E-state index is 12.4. The highest BCUT2D eigenvalue weighted by Gasteiger charge is 2.31. The molecule has 1 unspecified atom stereocenters. The molecule has 4 aromatic rings. The number of aliphatic hydroxyl groups excluding tert-OH is 1. The van der Waals surface area contributed by atoms with Gasteiger partial charge in [0.1, 0.15) is 11.5 Å². The first-order valence-corrected chi connectivity index (χ1v) is 13.5. The van der Waals surface area contributed by atoms with Crippen molar-refractivity contribution in [2.24, 2.45) is 5.14 Å². The first-order chi connectivity index (χ1) is 17.3. The van der Waals surface area contributed by atoms with Crippen molar-refractivity contribution in [1.82, 2.24) is 10.1 Å². The summed E-state index contributed by atoms with van der Waals surface area (Å²) in [6, 6.07) is 22.1. The van der Waals surface area contributed by atoms with Crippen LogP contribution in [0.2, 0.25) is 0 Å². The van der Waals surface area contributed by atoms with Gasteiger partial charge in [-0.1, -0.05) is 47.6 Å². The lowest BCUT2D eigenvalue weighted by Gasteiger charge is -2.29. The van der Waals surface area contributed by atoms with Gasteiger partial charge in [-0.25, -0.2) is 9.19 Å².